The third-order valence-electron chi connectivity index (χ3n) is 4.51. The van der Waals surface area contributed by atoms with E-state index in [1.165, 1.54) is 44.3 Å². The average molecular weight is 247 g/mol. The number of nitrogens with zero attached hydrogens (tertiary/aromatic N) is 2. The summed E-state index contributed by atoms with van der Waals surface area (Å²) >= 11 is 0. The normalized spacial score (nSPS) is 22.2. The van der Waals surface area contributed by atoms with Crippen molar-refractivity contribution in [3.63, 3.8) is 0 Å². The van der Waals surface area contributed by atoms with Gasteiger partial charge in [0.1, 0.15) is 0 Å². The van der Waals surface area contributed by atoms with Gasteiger partial charge >= 0.3 is 0 Å². The van der Waals surface area contributed by atoms with Gasteiger partial charge in [-0.15, -0.1) is 0 Å². The van der Waals surface area contributed by atoms with E-state index in [-0.39, 0.29) is 0 Å². The minimum Gasteiger partial charge on any atom is -0.313 e. The number of rotatable bonds is 6. The van der Waals surface area contributed by atoms with E-state index in [1.54, 1.807) is 0 Å². The largest absolute Gasteiger partial charge is 0.313 e. The summed E-state index contributed by atoms with van der Waals surface area (Å²) in [6, 6.07) is 3.51. The quantitative estimate of drug-likeness (QED) is 0.837. The maximum Gasteiger partial charge on any atom is 0.0630 e. The molecule has 0 aliphatic heterocycles. The fourth-order valence-corrected chi connectivity index (χ4v) is 2.88. The number of hydrogen-bond donors (Lipinski definition) is 1. The summed E-state index contributed by atoms with van der Waals surface area (Å²) in [6.07, 6.45) is 10.2. The Morgan fingerprint density at radius 3 is 2.72 bits per heavy atom. The van der Waals surface area contributed by atoms with Crippen molar-refractivity contribution in [2.75, 3.05) is 6.54 Å². The molecule has 0 bridgehead atoms. The summed E-state index contributed by atoms with van der Waals surface area (Å²) in [5.74, 6) is 0. The molecule has 0 radical (unpaired) electrons. The van der Waals surface area contributed by atoms with E-state index < -0.39 is 0 Å². The molecule has 3 rings (SSSR count). The molecule has 2 saturated carbocycles. The van der Waals surface area contributed by atoms with Crippen LogP contribution in [0, 0.1) is 5.41 Å². The van der Waals surface area contributed by atoms with Crippen molar-refractivity contribution in [3.8, 4) is 0 Å². The van der Waals surface area contributed by atoms with E-state index >= 15 is 0 Å². The zero-order chi connectivity index (χ0) is 12.6. The minimum atomic E-state index is 0.473. The van der Waals surface area contributed by atoms with E-state index in [0.717, 1.165) is 12.5 Å². The molecule has 0 saturated heterocycles. The van der Waals surface area contributed by atoms with Crippen LogP contribution in [0.3, 0.4) is 0 Å². The van der Waals surface area contributed by atoms with Crippen LogP contribution in [0.4, 0.5) is 0 Å². The summed E-state index contributed by atoms with van der Waals surface area (Å²) in [4.78, 5) is 0. The molecule has 0 amide bonds. The summed E-state index contributed by atoms with van der Waals surface area (Å²) in [5.41, 5.74) is 1.79. The lowest BCUT2D eigenvalue weighted by atomic mass is 9.66. The Kier molecular flexibility index (Phi) is 3.18. The highest BCUT2D eigenvalue weighted by Gasteiger charge is 2.38. The van der Waals surface area contributed by atoms with E-state index in [2.05, 4.69) is 36.1 Å². The molecule has 3 nitrogen and oxygen atoms in total. The monoisotopic (exact) mass is 247 g/mol. The lowest BCUT2D eigenvalue weighted by molar-refractivity contribution is 0.127. The molecule has 100 valence electrons. The van der Waals surface area contributed by atoms with Gasteiger partial charge in [-0.05, 0) is 57.4 Å². The summed E-state index contributed by atoms with van der Waals surface area (Å²) in [5, 5.41) is 8.42. The Bertz CT molecular complexity index is 400. The molecule has 0 aromatic carbocycles. The summed E-state index contributed by atoms with van der Waals surface area (Å²) in [6.45, 7) is 5.57. The minimum absolute atomic E-state index is 0.473. The summed E-state index contributed by atoms with van der Waals surface area (Å²) < 4.78 is 2.08. The topological polar surface area (TPSA) is 29.9 Å². The number of aromatic nitrogens is 2. The number of nitrogens with one attached hydrogen (secondary N) is 1. The van der Waals surface area contributed by atoms with E-state index in [1.807, 2.05) is 0 Å². The Hall–Kier alpha value is -0.830. The van der Waals surface area contributed by atoms with E-state index in [9.17, 15) is 0 Å². The van der Waals surface area contributed by atoms with Gasteiger partial charge in [-0.3, -0.25) is 4.68 Å². The zero-order valence-corrected chi connectivity index (χ0v) is 11.7. The van der Waals surface area contributed by atoms with Crippen LogP contribution in [0.1, 0.15) is 57.7 Å². The van der Waals surface area contributed by atoms with Crippen LogP contribution >= 0.6 is 0 Å². The highest BCUT2D eigenvalue weighted by atomic mass is 15.3. The van der Waals surface area contributed by atoms with Gasteiger partial charge in [0, 0.05) is 24.8 Å². The van der Waals surface area contributed by atoms with Gasteiger partial charge in [-0.25, -0.2) is 0 Å². The van der Waals surface area contributed by atoms with Crippen molar-refractivity contribution in [3.05, 3.63) is 18.0 Å². The van der Waals surface area contributed by atoms with Crippen LogP contribution in [0.5, 0.6) is 0 Å². The summed E-state index contributed by atoms with van der Waals surface area (Å²) in [7, 11) is 0. The van der Waals surface area contributed by atoms with Crippen LogP contribution < -0.4 is 5.32 Å². The SMILES string of the molecule is CC(C)n1ccc(CC2(CNC3CC3)CCC2)n1. The molecule has 1 N–H and O–H groups in total. The van der Waals surface area contributed by atoms with Gasteiger partial charge in [-0.2, -0.15) is 5.10 Å². The molecule has 1 aromatic rings. The van der Waals surface area contributed by atoms with E-state index in [4.69, 9.17) is 5.10 Å². The molecule has 0 unspecified atom stereocenters. The van der Waals surface area contributed by atoms with Crippen LogP contribution in [-0.2, 0) is 6.42 Å². The van der Waals surface area contributed by atoms with Crippen molar-refractivity contribution in [1.82, 2.24) is 15.1 Å². The lowest BCUT2D eigenvalue weighted by Crippen LogP contribution is -2.42. The van der Waals surface area contributed by atoms with Crippen molar-refractivity contribution < 1.29 is 0 Å². The number of hydrogen-bond acceptors (Lipinski definition) is 2. The Balaban J connectivity index is 1.60. The molecular formula is C15H25N3. The second-order valence-corrected chi connectivity index (χ2v) is 6.57. The predicted octanol–water partition coefficient (Wildman–Crippen LogP) is 2.93. The fourth-order valence-electron chi connectivity index (χ4n) is 2.88. The van der Waals surface area contributed by atoms with Crippen LogP contribution in [0.15, 0.2) is 12.3 Å². The average Bonchev–Trinajstić information content (AvgIpc) is 3.00. The third-order valence-corrected chi connectivity index (χ3v) is 4.51. The molecular weight excluding hydrogens is 222 g/mol. The van der Waals surface area contributed by atoms with Gasteiger partial charge in [0.2, 0.25) is 0 Å². The maximum atomic E-state index is 4.71. The Labute approximate surface area is 110 Å². The molecule has 2 aliphatic carbocycles. The predicted molar refractivity (Wildman–Crippen MR) is 73.6 cm³/mol. The van der Waals surface area contributed by atoms with Gasteiger partial charge in [0.25, 0.3) is 0 Å². The Morgan fingerprint density at radius 2 is 2.22 bits per heavy atom. The van der Waals surface area contributed by atoms with Crippen molar-refractivity contribution in [1.29, 1.82) is 0 Å². The molecule has 2 fully saturated rings. The Morgan fingerprint density at radius 1 is 1.44 bits per heavy atom. The molecule has 18 heavy (non-hydrogen) atoms. The van der Waals surface area contributed by atoms with E-state index in [0.29, 0.717) is 11.5 Å². The second-order valence-electron chi connectivity index (χ2n) is 6.57. The van der Waals surface area contributed by atoms with Crippen molar-refractivity contribution in [2.45, 2.75) is 64.5 Å². The second kappa shape index (κ2) is 4.69. The highest BCUT2D eigenvalue weighted by molar-refractivity contribution is 5.07. The molecule has 0 atom stereocenters. The van der Waals surface area contributed by atoms with Crippen LogP contribution in [0.25, 0.3) is 0 Å². The van der Waals surface area contributed by atoms with Crippen molar-refractivity contribution in [2.24, 2.45) is 5.41 Å². The van der Waals surface area contributed by atoms with Crippen LogP contribution in [-0.4, -0.2) is 22.4 Å². The van der Waals surface area contributed by atoms with Crippen LogP contribution in [0.2, 0.25) is 0 Å². The highest BCUT2D eigenvalue weighted by Crippen LogP contribution is 2.43. The third kappa shape index (κ3) is 2.61. The van der Waals surface area contributed by atoms with Gasteiger partial charge in [-0.1, -0.05) is 6.42 Å². The first-order valence-electron chi connectivity index (χ1n) is 7.44. The standard InChI is InChI=1S/C15H25N3/c1-12(2)18-9-6-14(17-18)10-15(7-3-8-15)11-16-13-4-5-13/h6,9,12-13,16H,3-5,7-8,10-11H2,1-2H3. The first kappa shape index (κ1) is 12.2. The van der Waals surface area contributed by atoms with Gasteiger partial charge in [0.15, 0.2) is 0 Å². The van der Waals surface area contributed by atoms with Gasteiger partial charge < -0.3 is 5.32 Å². The molecule has 2 aliphatic rings. The molecule has 3 heteroatoms. The smallest absolute Gasteiger partial charge is 0.0630 e. The lowest BCUT2D eigenvalue weighted by Gasteiger charge is -2.42. The van der Waals surface area contributed by atoms with Gasteiger partial charge in [0.05, 0.1) is 5.69 Å². The molecule has 1 heterocycles. The molecule has 1 aromatic heterocycles. The fraction of sp³-hybridized carbons (Fsp3) is 0.800. The zero-order valence-electron chi connectivity index (χ0n) is 11.7. The molecule has 0 spiro atoms. The van der Waals surface area contributed by atoms with Crippen molar-refractivity contribution >= 4 is 0 Å². The first-order valence-corrected chi connectivity index (χ1v) is 7.44. The maximum absolute atomic E-state index is 4.71. The first-order chi connectivity index (χ1) is 8.67.